The van der Waals surface area contributed by atoms with Crippen LogP contribution in [0.4, 0.5) is 0 Å². The van der Waals surface area contributed by atoms with Crippen molar-refractivity contribution in [3.63, 3.8) is 0 Å². The number of thiazole rings is 1. The van der Waals surface area contributed by atoms with E-state index >= 15 is 0 Å². The molecule has 0 radical (unpaired) electrons. The first-order chi connectivity index (χ1) is 7.97. The Morgan fingerprint density at radius 1 is 1.41 bits per heavy atom. The predicted octanol–water partition coefficient (Wildman–Crippen LogP) is 1.51. The van der Waals surface area contributed by atoms with Crippen molar-refractivity contribution < 1.29 is 9.84 Å². The summed E-state index contributed by atoms with van der Waals surface area (Å²) < 4.78 is 5.32. The number of nitrogens with zero attached hydrogens (tertiary/aromatic N) is 2. The number of hydrogen-bond donors (Lipinski definition) is 1. The normalized spacial score (nSPS) is 18.6. The number of hydrogen-bond acceptors (Lipinski definition) is 5. The molecule has 1 aromatic rings. The summed E-state index contributed by atoms with van der Waals surface area (Å²) in [5.41, 5.74) is 0.163. The van der Waals surface area contributed by atoms with Gasteiger partial charge in [-0.3, -0.25) is 4.90 Å². The summed E-state index contributed by atoms with van der Waals surface area (Å²) >= 11 is 1.62. The quantitative estimate of drug-likeness (QED) is 0.890. The molecule has 1 aliphatic rings. The average molecular weight is 256 g/mol. The molecular weight excluding hydrogens is 236 g/mol. The second-order valence-electron chi connectivity index (χ2n) is 4.97. The molecule has 2 rings (SSSR count). The first kappa shape index (κ1) is 13.0. The molecule has 0 amide bonds. The number of aromatic nitrogens is 1. The first-order valence-electron chi connectivity index (χ1n) is 5.96. The van der Waals surface area contributed by atoms with Gasteiger partial charge in [0.2, 0.25) is 0 Å². The second-order valence-corrected chi connectivity index (χ2v) is 6.05. The Morgan fingerprint density at radius 3 is 2.59 bits per heavy atom. The van der Waals surface area contributed by atoms with E-state index in [4.69, 9.17) is 4.74 Å². The molecule has 1 aliphatic heterocycles. The Labute approximate surface area is 106 Å². The number of rotatable bonds is 3. The monoisotopic (exact) mass is 256 g/mol. The molecular formula is C12H20N2O2S. The fraction of sp³-hybridized carbons (Fsp3) is 0.750. The Balaban J connectivity index is 2.06. The highest BCUT2D eigenvalue weighted by molar-refractivity contribution is 7.11. The van der Waals surface area contributed by atoms with E-state index < -0.39 is 5.60 Å². The van der Waals surface area contributed by atoms with Gasteiger partial charge in [0.1, 0.15) is 5.01 Å². The highest BCUT2D eigenvalue weighted by atomic mass is 32.1. The highest BCUT2D eigenvalue weighted by Crippen LogP contribution is 2.30. The zero-order valence-electron chi connectivity index (χ0n) is 10.7. The molecule has 1 saturated heterocycles. The van der Waals surface area contributed by atoms with Crippen LogP contribution in [0.3, 0.4) is 0 Å². The van der Waals surface area contributed by atoms with E-state index in [0.717, 1.165) is 48.4 Å². The van der Waals surface area contributed by atoms with Gasteiger partial charge in [0, 0.05) is 13.1 Å². The van der Waals surface area contributed by atoms with E-state index in [2.05, 4.69) is 9.88 Å². The molecule has 1 fully saturated rings. The van der Waals surface area contributed by atoms with Gasteiger partial charge in [0.05, 0.1) is 35.9 Å². The van der Waals surface area contributed by atoms with Crippen molar-refractivity contribution in [3.8, 4) is 0 Å². The molecule has 0 spiro atoms. The Kier molecular flexibility index (Phi) is 3.82. The van der Waals surface area contributed by atoms with Gasteiger partial charge in [0.15, 0.2) is 0 Å². The van der Waals surface area contributed by atoms with Gasteiger partial charge < -0.3 is 9.84 Å². The van der Waals surface area contributed by atoms with Crippen molar-refractivity contribution in [1.29, 1.82) is 0 Å². The van der Waals surface area contributed by atoms with E-state index in [0.29, 0.717) is 0 Å². The van der Waals surface area contributed by atoms with Crippen LogP contribution in [0.25, 0.3) is 0 Å². The molecule has 0 atom stereocenters. The molecule has 0 unspecified atom stereocenters. The van der Waals surface area contributed by atoms with Crippen LogP contribution in [-0.4, -0.2) is 41.3 Å². The van der Waals surface area contributed by atoms with E-state index in [-0.39, 0.29) is 0 Å². The third-order valence-electron chi connectivity index (χ3n) is 2.86. The van der Waals surface area contributed by atoms with Crippen LogP contribution >= 0.6 is 11.3 Å². The van der Waals surface area contributed by atoms with Gasteiger partial charge in [-0.05, 0) is 20.8 Å². The Hall–Kier alpha value is -0.490. The minimum Gasteiger partial charge on any atom is -0.385 e. The second kappa shape index (κ2) is 5.02. The van der Waals surface area contributed by atoms with Gasteiger partial charge >= 0.3 is 0 Å². The van der Waals surface area contributed by atoms with E-state index in [9.17, 15) is 5.11 Å². The average Bonchev–Trinajstić information content (AvgIpc) is 2.60. The smallest absolute Gasteiger partial charge is 0.107 e. The third kappa shape index (κ3) is 3.25. The van der Waals surface area contributed by atoms with Crippen LogP contribution in [0, 0.1) is 6.92 Å². The van der Waals surface area contributed by atoms with Crippen molar-refractivity contribution in [1.82, 2.24) is 9.88 Å². The van der Waals surface area contributed by atoms with Crippen LogP contribution in [-0.2, 0) is 16.9 Å². The summed E-state index contributed by atoms with van der Waals surface area (Å²) in [5, 5.41) is 11.1. The van der Waals surface area contributed by atoms with Gasteiger partial charge in [-0.2, -0.15) is 0 Å². The minimum absolute atomic E-state index is 0.787. The highest BCUT2D eigenvalue weighted by Gasteiger charge is 2.23. The lowest BCUT2D eigenvalue weighted by atomic mass is 10.1. The lowest BCUT2D eigenvalue weighted by Crippen LogP contribution is -2.35. The third-order valence-corrected chi connectivity index (χ3v) is 4.31. The Morgan fingerprint density at radius 2 is 2.06 bits per heavy atom. The lowest BCUT2D eigenvalue weighted by molar-refractivity contribution is 0.0341. The number of aryl methyl sites for hydroxylation is 1. The molecule has 5 heteroatoms. The summed E-state index contributed by atoms with van der Waals surface area (Å²) in [7, 11) is 0. The van der Waals surface area contributed by atoms with Crippen LogP contribution < -0.4 is 0 Å². The van der Waals surface area contributed by atoms with Gasteiger partial charge in [-0.1, -0.05) is 0 Å². The largest absolute Gasteiger partial charge is 0.385 e. The van der Waals surface area contributed by atoms with Crippen molar-refractivity contribution in [2.24, 2.45) is 0 Å². The topological polar surface area (TPSA) is 45.6 Å². The number of aliphatic hydroxyl groups is 1. The number of ether oxygens (including phenoxy) is 1. The summed E-state index contributed by atoms with van der Waals surface area (Å²) in [4.78, 5) is 7.86. The maximum Gasteiger partial charge on any atom is 0.107 e. The molecule has 17 heavy (non-hydrogen) atoms. The molecule has 0 aromatic carbocycles. The molecule has 4 nitrogen and oxygen atoms in total. The standard InChI is InChI=1S/C12H20N2O2S/c1-9-11(12(2,3)15)17-10(13-9)8-14-4-6-16-7-5-14/h15H,4-8H2,1-3H3. The van der Waals surface area contributed by atoms with E-state index in [1.165, 1.54) is 0 Å². The van der Waals surface area contributed by atoms with Crippen molar-refractivity contribution in [3.05, 3.63) is 15.6 Å². The summed E-state index contributed by atoms with van der Waals surface area (Å²) in [6, 6.07) is 0. The van der Waals surface area contributed by atoms with Crippen LogP contribution in [0.2, 0.25) is 0 Å². The zero-order valence-corrected chi connectivity index (χ0v) is 11.5. The Bertz CT molecular complexity index is 378. The fourth-order valence-electron chi connectivity index (χ4n) is 2.04. The summed E-state index contributed by atoms with van der Waals surface area (Å²) in [6.45, 7) is 10.0. The molecule has 0 bridgehead atoms. The molecule has 2 heterocycles. The minimum atomic E-state index is -0.787. The van der Waals surface area contributed by atoms with E-state index in [1.807, 2.05) is 20.8 Å². The van der Waals surface area contributed by atoms with Crippen LogP contribution in [0.1, 0.15) is 29.4 Å². The van der Waals surface area contributed by atoms with Crippen LogP contribution in [0.5, 0.6) is 0 Å². The van der Waals surface area contributed by atoms with Crippen LogP contribution in [0.15, 0.2) is 0 Å². The summed E-state index contributed by atoms with van der Waals surface area (Å²) in [5.74, 6) is 0. The number of morpholine rings is 1. The fourth-order valence-corrected chi connectivity index (χ4v) is 3.15. The van der Waals surface area contributed by atoms with Gasteiger partial charge in [0.25, 0.3) is 0 Å². The predicted molar refractivity (Wildman–Crippen MR) is 68.2 cm³/mol. The van der Waals surface area contributed by atoms with Gasteiger partial charge in [-0.15, -0.1) is 11.3 Å². The molecule has 1 aromatic heterocycles. The van der Waals surface area contributed by atoms with Gasteiger partial charge in [-0.25, -0.2) is 4.98 Å². The SMILES string of the molecule is Cc1nc(CN2CCOCC2)sc1C(C)(C)O. The zero-order chi connectivity index (χ0) is 12.5. The first-order valence-corrected chi connectivity index (χ1v) is 6.78. The summed E-state index contributed by atoms with van der Waals surface area (Å²) in [6.07, 6.45) is 0. The molecule has 96 valence electrons. The maximum atomic E-state index is 10.0. The maximum absolute atomic E-state index is 10.0. The van der Waals surface area contributed by atoms with E-state index in [1.54, 1.807) is 11.3 Å². The molecule has 0 saturated carbocycles. The van der Waals surface area contributed by atoms with Crippen molar-refractivity contribution in [2.75, 3.05) is 26.3 Å². The lowest BCUT2D eigenvalue weighted by Gasteiger charge is -2.25. The van der Waals surface area contributed by atoms with Crippen molar-refractivity contribution >= 4 is 11.3 Å². The molecule has 1 N–H and O–H groups in total. The van der Waals surface area contributed by atoms with Crippen molar-refractivity contribution in [2.45, 2.75) is 32.9 Å². The molecule has 0 aliphatic carbocycles.